The molecule has 0 aliphatic rings. The van der Waals surface area contributed by atoms with Gasteiger partial charge in [0.2, 0.25) is 0 Å². The third kappa shape index (κ3) is 7.28. The van der Waals surface area contributed by atoms with Crippen molar-refractivity contribution in [1.29, 1.82) is 0 Å². The Bertz CT molecular complexity index is 678. The minimum absolute atomic E-state index is 0.425. The van der Waals surface area contributed by atoms with Gasteiger partial charge in [-0.2, -0.15) is 0 Å². The van der Waals surface area contributed by atoms with E-state index in [1.165, 1.54) is 35.1 Å². The fourth-order valence-electron chi connectivity index (χ4n) is 2.91. The Labute approximate surface area is 167 Å². The zero-order valence-electron chi connectivity index (χ0n) is 18.4. The van der Waals surface area contributed by atoms with Crippen LogP contribution in [0.2, 0.25) is 0 Å². The van der Waals surface area contributed by atoms with Crippen molar-refractivity contribution in [2.24, 2.45) is 5.73 Å². The van der Waals surface area contributed by atoms with E-state index < -0.39 is 0 Å². The lowest BCUT2D eigenvalue weighted by molar-refractivity contribution is 0.301. The van der Waals surface area contributed by atoms with Gasteiger partial charge in [-0.25, -0.2) is 0 Å². The summed E-state index contributed by atoms with van der Waals surface area (Å²) in [4.78, 5) is 0. The molecule has 1 aromatic rings. The van der Waals surface area contributed by atoms with Crippen LogP contribution in [0.5, 0.6) is 5.75 Å². The van der Waals surface area contributed by atoms with Crippen molar-refractivity contribution in [2.45, 2.75) is 79.6 Å². The first kappa shape index (κ1) is 23.1. The molecule has 2 nitrogen and oxygen atoms in total. The third-order valence-corrected chi connectivity index (χ3v) is 4.82. The highest BCUT2D eigenvalue weighted by molar-refractivity contribution is 5.73. The minimum atomic E-state index is 0.425. The first-order valence-corrected chi connectivity index (χ1v) is 10.4. The van der Waals surface area contributed by atoms with E-state index in [1.54, 1.807) is 6.20 Å². The van der Waals surface area contributed by atoms with Gasteiger partial charge in [0.25, 0.3) is 0 Å². The standard InChI is InChI=1S/C25H39NO/c1-8-9-10-14-27-25-23(19(4)5)15-22(18(2)3)16-24(25)21(7)13-11-12-20(6)17-26/h11-13,15-19H,8-10,14,26H2,1-7H3/b12-11+,20-17+,21-13-. The SMILES string of the molecule is CCCCCOc1c(\C(C)=C/C=C/C(C)=C/N)cc(C(C)C)cc1C(C)C. The summed E-state index contributed by atoms with van der Waals surface area (Å²) in [6.07, 6.45) is 11.4. The number of nitrogens with two attached hydrogens (primary N) is 1. The number of hydrogen-bond donors (Lipinski definition) is 1. The average molecular weight is 370 g/mol. The van der Waals surface area contributed by atoms with Gasteiger partial charge in [0.1, 0.15) is 5.75 Å². The zero-order valence-corrected chi connectivity index (χ0v) is 18.4. The molecular weight excluding hydrogens is 330 g/mol. The van der Waals surface area contributed by atoms with Crippen molar-refractivity contribution in [3.63, 3.8) is 0 Å². The zero-order chi connectivity index (χ0) is 20.4. The Morgan fingerprint density at radius 2 is 1.78 bits per heavy atom. The largest absolute Gasteiger partial charge is 0.493 e. The first-order chi connectivity index (χ1) is 12.8. The van der Waals surface area contributed by atoms with Crippen molar-refractivity contribution in [1.82, 2.24) is 0 Å². The maximum Gasteiger partial charge on any atom is 0.130 e. The van der Waals surface area contributed by atoms with E-state index in [1.807, 2.05) is 13.0 Å². The molecule has 0 atom stereocenters. The molecule has 0 saturated heterocycles. The monoisotopic (exact) mass is 369 g/mol. The van der Waals surface area contributed by atoms with E-state index in [2.05, 4.69) is 65.8 Å². The summed E-state index contributed by atoms with van der Waals surface area (Å²) in [5.41, 5.74) is 11.7. The molecule has 0 radical (unpaired) electrons. The predicted molar refractivity (Wildman–Crippen MR) is 120 cm³/mol. The molecule has 1 aromatic carbocycles. The number of hydrogen-bond acceptors (Lipinski definition) is 2. The van der Waals surface area contributed by atoms with Crippen molar-refractivity contribution >= 4 is 5.57 Å². The molecule has 2 heteroatoms. The Kier molecular flexibility index (Phi) is 9.99. The van der Waals surface area contributed by atoms with Crippen LogP contribution in [0.3, 0.4) is 0 Å². The second kappa shape index (κ2) is 11.7. The molecule has 0 bridgehead atoms. The normalized spacial score (nSPS) is 13.2. The summed E-state index contributed by atoms with van der Waals surface area (Å²) in [6.45, 7) is 16.2. The lowest BCUT2D eigenvalue weighted by Crippen LogP contribution is -2.06. The summed E-state index contributed by atoms with van der Waals surface area (Å²) < 4.78 is 6.34. The summed E-state index contributed by atoms with van der Waals surface area (Å²) in [6, 6.07) is 4.63. The van der Waals surface area contributed by atoms with Gasteiger partial charge in [-0.05, 0) is 66.6 Å². The van der Waals surface area contributed by atoms with Crippen LogP contribution in [-0.2, 0) is 0 Å². The first-order valence-electron chi connectivity index (χ1n) is 10.4. The average Bonchev–Trinajstić information content (AvgIpc) is 2.64. The van der Waals surface area contributed by atoms with E-state index in [4.69, 9.17) is 10.5 Å². The van der Waals surface area contributed by atoms with Crippen LogP contribution in [0, 0.1) is 0 Å². The topological polar surface area (TPSA) is 35.2 Å². The number of ether oxygens (including phenoxy) is 1. The highest BCUT2D eigenvalue weighted by Gasteiger charge is 2.17. The number of allylic oxidation sites excluding steroid dienone is 5. The molecule has 0 saturated carbocycles. The van der Waals surface area contributed by atoms with Gasteiger partial charge in [0.05, 0.1) is 6.61 Å². The third-order valence-electron chi connectivity index (χ3n) is 4.82. The van der Waals surface area contributed by atoms with Gasteiger partial charge >= 0.3 is 0 Å². The van der Waals surface area contributed by atoms with E-state index >= 15 is 0 Å². The Morgan fingerprint density at radius 1 is 1.07 bits per heavy atom. The highest BCUT2D eigenvalue weighted by Crippen LogP contribution is 2.37. The second-order valence-electron chi connectivity index (χ2n) is 7.97. The number of unbranched alkanes of at least 4 members (excludes halogenated alkanes) is 2. The summed E-state index contributed by atoms with van der Waals surface area (Å²) >= 11 is 0. The molecule has 1 rings (SSSR count). The molecule has 2 N–H and O–H groups in total. The van der Waals surface area contributed by atoms with Crippen LogP contribution < -0.4 is 10.5 Å². The maximum atomic E-state index is 6.34. The van der Waals surface area contributed by atoms with Crippen LogP contribution in [0.25, 0.3) is 5.57 Å². The van der Waals surface area contributed by atoms with Gasteiger partial charge in [-0.3, -0.25) is 0 Å². The highest BCUT2D eigenvalue weighted by atomic mass is 16.5. The summed E-state index contributed by atoms with van der Waals surface area (Å²) in [5.74, 6) is 1.97. The Morgan fingerprint density at radius 3 is 2.33 bits per heavy atom. The van der Waals surface area contributed by atoms with Crippen molar-refractivity contribution in [2.75, 3.05) is 6.61 Å². The van der Waals surface area contributed by atoms with E-state index in [0.29, 0.717) is 11.8 Å². The molecule has 0 fully saturated rings. The van der Waals surface area contributed by atoms with Crippen LogP contribution in [0.15, 0.2) is 42.1 Å². The van der Waals surface area contributed by atoms with Crippen molar-refractivity contribution < 1.29 is 4.74 Å². The molecule has 0 heterocycles. The van der Waals surface area contributed by atoms with Gasteiger partial charge in [-0.15, -0.1) is 0 Å². The fourth-order valence-corrected chi connectivity index (χ4v) is 2.91. The van der Waals surface area contributed by atoms with Crippen molar-refractivity contribution in [3.05, 3.63) is 58.8 Å². The van der Waals surface area contributed by atoms with Crippen LogP contribution in [-0.4, -0.2) is 6.61 Å². The lowest BCUT2D eigenvalue weighted by Gasteiger charge is -2.21. The molecule has 0 spiro atoms. The van der Waals surface area contributed by atoms with Gasteiger partial charge in [0, 0.05) is 5.56 Å². The molecule has 27 heavy (non-hydrogen) atoms. The maximum absolute atomic E-state index is 6.34. The molecule has 150 valence electrons. The van der Waals surface area contributed by atoms with Crippen molar-refractivity contribution in [3.8, 4) is 5.75 Å². The van der Waals surface area contributed by atoms with Gasteiger partial charge < -0.3 is 10.5 Å². The smallest absolute Gasteiger partial charge is 0.130 e. The Balaban J connectivity index is 3.38. The van der Waals surface area contributed by atoms with Crippen LogP contribution in [0.1, 0.15) is 96.3 Å². The molecule has 0 unspecified atom stereocenters. The summed E-state index contributed by atoms with van der Waals surface area (Å²) in [5, 5.41) is 0. The molecule has 0 aromatic heterocycles. The quantitative estimate of drug-likeness (QED) is 0.346. The predicted octanol–water partition coefficient (Wildman–Crippen LogP) is 7.32. The van der Waals surface area contributed by atoms with E-state index in [0.717, 1.165) is 24.4 Å². The van der Waals surface area contributed by atoms with Gasteiger partial charge in [-0.1, -0.05) is 71.8 Å². The van der Waals surface area contributed by atoms with E-state index in [9.17, 15) is 0 Å². The number of benzene rings is 1. The molecular formula is C25H39NO. The van der Waals surface area contributed by atoms with Crippen LogP contribution in [0.4, 0.5) is 0 Å². The molecule has 0 aliphatic carbocycles. The summed E-state index contributed by atoms with van der Waals surface area (Å²) in [7, 11) is 0. The van der Waals surface area contributed by atoms with Crippen LogP contribution >= 0.6 is 0 Å². The van der Waals surface area contributed by atoms with Gasteiger partial charge in [0.15, 0.2) is 0 Å². The van der Waals surface area contributed by atoms with E-state index in [-0.39, 0.29) is 0 Å². The molecule has 0 aliphatic heterocycles. The minimum Gasteiger partial charge on any atom is -0.493 e. The second-order valence-corrected chi connectivity index (χ2v) is 7.97. The lowest BCUT2D eigenvalue weighted by atomic mass is 9.89. The fraction of sp³-hybridized carbons (Fsp3) is 0.520. The number of rotatable bonds is 10. The molecule has 0 amide bonds. The Hall–Kier alpha value is -1.96.